The Balaban J connectivity index is 1.35. The summed E-state index contributed by atoms with van der Waals surface area (Å²) in [5, 5.41) is 22.3. The van der Waals surface area contributed by atoms with Gasteiger partial charge in [-0.1, -0.05) is 6.07 Å². The van der Waals surface area contributed by atoms with Crippen LogP contribution in [0.4, 0.5) is 14.6 Å². The number of benzene rings is 1. The topological polar surface area (TPSA) is 96.3 Å². The molecule has 8 nitrogen and oxygen atoms in total. The summed E-state index contributed by atoms with van der Waals surface area (Å²) < 4.78 is 33.7. The van der Waals surface area contributed by atoms with Gasteiger partial charge in [-0.2, -0.15) is 0 Å². The monoisotopic (exact) mass is 454 g/mol. The molecule has 2 aromatic heterocycles. The number of rotatable bonds is 5. The van der Waals surface area contributed by atoms with E-state index in [1.807, 2.05) is 7.05 Å². The number of aromatic hydroxyl groups is 1. The number of phenolic OH excluding ortho intramolecular Hbond substituents is 1. The number of fused-ring (bicyclic) bond motifs is 2. The number of nitrogens with zero attached hydrogens (tertiary/aromatic N) is 5. The molecule has 2 saturated heterocycles. The lowest BCUT2D eigenvalue weighted by molar-refractivity contribution is 0.176. The molecule has 33 heavy (non-hydrogen) atoms. The first-order valence-corrected chi connectivity index (χ1v) is 10.8. The van der Waals surface area contributed by atoms with Crippen LogP contribution in [-0.2, 0) is 0 Å². The number of phenols is 1. The number of pyridine rings is 1. The molecule has 172 valence electrons. The van der Waals surface area contributed by atoms with E-state index in [1.165, 1.54) is 31.6 Å². The van der Waals surface area contributed by atoms with E-state index in [4.69, 9.17) is 4.74 Å². The normalized spacial score (nSPS) is 24.0. The molecule has 0 amide bonds. The van der Waals surface area contributed by atoms with Gasteiger partial charge in [-0.15, -0.1) is 10.2 Å². The minimum atomic E-state index is -0.982. The van der Waals surface area contributed by atoms with Crippen LogP contribution in [0.5, 0.6) is 11.6 Å². The van der Waals surface area contributed by atoms with E-state index in [9.17, 15) is 13.9 Å². The van der Waals surface area contributed by atoms with Crippen LogP contribution in [0.3, 0.4) is 0 Å². The zero-order valence-electron chi connectivity index (χ0n) is 18.2. The number of aromatic nitrogens is 4. The van der Waals surface area contributed by atoms with E-state index in [0.717, 1.165) is 12.8 Å². The van der Waals surface area contributed by atoms with E-state index in [-0.39, 0.29) is 29.5 Å². The first-order chi connectivity index (χ1) is 15.9. The summed E-state index contributed by atoms with van der Waals surface area (Å²) in [6.07, 6.45) is 4.57. The highest BCUT2D eigenvalue weighted by atomic mass is 19.1. The number of halogens is 2. The van der Waals surface area contributed by atoms with Gasteiger partial charge in [0.15, 0.2) is 17.5 Å². The molecule has 4 atom stereocenters. The second-order valence-corrected chi connectivity index (χ2v) is 8.49. The van der Waals surface area contributed by atoms with Crippen molar-refractivity contribution in [3.63, 3.8) is 0 Å². The van der Waals surface area contributed by atoms with E-state index < -0.39 is 12.0 Å². The zero-order chi connectivity index (χ0) is 23.1. The average Bonchev–Trinajstić information content (AvgIpc) is 3.24. The fourth-order valence-electron chi connectivity index (χ4n) is 4.71. The van der Waals surface area contributed by atoms with Gasteiger partial charge in [-0.25, -0.2) is 18.7 Å². The third-order valence-electron chi connectivity index (χ3n) is 6.53. The fraction of sp³-hybridized carbons (Fsp3) is 0.391. The first-order valence-electron chi connectivity index (χ1n) is 10.8. The Labute approximate surface area is 189 Å². The molecule has 0 saturated carbocycles. The minimum Gasteiger partial charge on any atom is -0.507 e. The van der Waals surface area contributed by atoms with E-state index in [0.29, 0.717) is 35.0 Å². The molecular formula is C23H24F2N6O2. The van der Waals surface area contributed by atoms with Crippen molar-refractivity contribution in [3.05, 3.63) is 42.5 Å². The smallest absolute Gasteiger partial charge is 0.250 e. The minimum absolute atomic E-state index is 0.0783. The van der Waals surface area contributed by atoms with Gasteiger partial charge in [0.25, 0.3) is 0 Å². The van der Waals surface area contributed by atoms with Gasteiger partial charge in [-0.05, 0) is 43.0 Å². The largest absolute Gasteiger partial charge is 0.507 e. The molecule has 0 radical (unpaired) electrons. The number of hydrogen-bond acceptors (Lipinski definition) is 8. The predicted octanol–water partition coefficient (Wildman–Crippen LogP) is 3.12. The van der Waals surface area contributed by atoms with Gasteiger partial charge in [0, 0.05) is 30.9 Å². The average molecular weight is 454 g/mol. The van der Waals surface area contributed by atoms with Gasteiger partial charge in [0.05, 0.1) is 24.9 Å². The Morgan fingerprint density at radius 3 is 2.67 bits per heavy atom. The highest BCUT2D eigenvalue weighted by Crippen LogP contribution is 2.34. The van der Waals surface area contributed by atoms with Crippen LogP contribution < -0.4 is 15.0 Å². The number of hydrogen-bond donors (Lipinski definition) is 2. The van der Waals surface area contributed by atoms with Crippen LogP contribution in [0, 0.1) is 5.82 Å². The van der Waals surface area contributed by atoms with Crippen LogP contribution in [0.1, 0.15) is 19.3 Å². The first kappa shape index (κ1) is 21.4. The van der Waals surface area contributed by atoms with Crippen molar-refractivity contribution in [1.29, 1.82) is 0 Å². The molecule has 1 aromatic carbocycles. The van der Waals surface area contributed by atoms with Crippen molar-refractivity contribution in [2.75, 3.05) is 19.1 Å². The van der Waals surface area contributed by atoms with E-state index in [2.05, 4.69) is 25.5 Å². The maximum absolute atomic E-state index is 14.9. The second-order valence-electron chi connectivity index (χ2n) is 8.49. The van der Waals surface area contributed by atoms with E-state index >= 15 is 0 Å². The maximum Gasteiger partial charge on any atom is 0.250 e. The lowest BCUT2D eigenvalue weighted by Crippen LogP contribution is -2.55. The Bertz CT molecular complexity index is 1160. The number of methoxy groups -OCH3 is 1. The summed E-state index contributed by atoms with van der Waals surface area (Å²) >= 11 is 0. The quantitative estimate of drug-likeness (QED) is 0.607. The Kier molecular flexibility index (Phi) is 5.53. The third kappa shape index (κ3) is 3.95. The lowest BCUT2D eigenvalue weighted by atomic mass is 9.96. The third-order valence-corrected chi connectivity index (χ3v) is 6.53. The molecule has 5 rings (SSSR count). The summed E-state index contributed by atoms with van der Waals surface area (Å²) in [5.41, 5.74) is 1.44. The van der Waals surface area contributed by atoms with Crippen LogP contribution in [-0.4, -0.2) is 63.7 Å². The van der Waals surface area contributed by atoms with Gasteiger partial charge >= 0.3 is 0 Å². The highest BCUT2D eigenvalue weighted by molar-refractivity contribution is 5.72. The number of nitrogens with one attached hydrogen (secondary N) is 1. The van der Waals surface area contributed by atoms with Crippen molar-refractivity contribution in [1.82, 2.24) is 25.5 Å². The van der Waals surface area contributed by atoms with Gasteiger partial charge in [0.1, 0.15) is 11.9 Å². The lowest BCUT2D eigenvalue weighted by Gasteiger charge is -2.38. The van der Waals surface area contributed by atoms with Crippen molar-refractivity contribution in [2.45, 2.75) is 43.6 Å². The number of anilines is 1. The molecule has 2 fully saturated rings. The van der Waals surface area contributed by atoms with Crippen molar-refractivity contribution in [3.8, 4) is 34.1 Å². The Hall–Kier alpha value is -3.40. The van der Waals surface area contributed by atoms with E-state index in [1.54, 1.807) is 17.0 Å². The van der Waals surface area contributed by atoms with Crippen LogP contribution in [0.25, 0.3) is 22.5 Å². The molecular weight excluding hydrogens is 430 g/mol. The molecule has 0 spiro atoms. The Morgan fingerprint density at radius 1 is 1.12 bits per heavy atom. The van der Waals surface area contributed by atoms with Crippen LogP contribution in [0.2, 0.25) is 0 Å². The molecule has 3 aromatic rings. The summed E-state index contributed by atoms with van der Waals surface area (Å²) in [6, 6.07) is 6.06. The standard InChI is InChI=1S/C23H24F2N6O2/c1-31(18-9-14-4-6-17(28-14)21(18)25)20-11-26-22(30-29-20)15-5-3-12(8-19(15)32)13-7-16(24)23(33-2)27-10-13/h3,5,7-8,10-11,14,17-18,21,28,32H,4,6,9H2,1-2H3/t14-,17-,18-,21+/m0/s1. The summed E-state index contributed by atoms with van der Waals surface area (Å²) in [7, 11) is 3.15. The highest BCUT2D eigenvalue weighted by Gasteiger charge is 2.43. The van der Waals surface area contributed by atoms with Crippen molar-refractivity contribution in [2.24, 2.45) is 0 Å². The predicted molar refractivity (Wildman–Crippen MR) is 118 cm³/mol. The second kappa shape index (κ2) is 8.51. The zero-order valence-corrected chi connectivity index (χ0v) is 18.2. The van der Waals surface area contributed by atoms with Gasteiger partial charge < -0.3 is 20.1 Å². The SMILES string of the molecule is COc1ncc(-c2ccc(-c3ncc(N(C)[C@H]4C[C@@H]5CC[C@H](N5)[C@H]4F)nn3)c(O)c2)cc1F. The fourth-order valence-corrected chi connectivity index (χ4v) is 4.71. The number of piperidine rings is 1. The van der Waals surface area contributed by atoms with Gasteiger partial charge in [0.2, 0.25) is 5.88 Å². The molecule has 10 heteroatoms. The molecule has 4 heterocycles. The summed E-state index contributed by atoms with van der Waals surface area (Å²) in [6.45, 7) is 0. The molecule has 0 unspecified atom stereocenters. The molecule has 2 aliphatic rings. The molecule has 2 bridgehead atoms. The summed E-state index contributed by atoms with van der Waals surface area (Å²) in [4.78, 5) is 10.1. The molecule has 2 aliphatic heterocycles. The van der Waals surface area contributed by atoms with Gasteiger partial charge in [-0.3, -0.25) is 0 Å². The van der Waals surface area contributed by atoms with Crippen LogP contribution >= 0.6 is 0 Å². The summed E-state index contributed by atoms with van der Waals surface area (Å²) in [5.74, 6) is -0.0604. The van der Waals surface area contributed by atoms with Crippen LogP contribution in [0.15, 0.2) is 36.7 Å². The molecule has 0 aliphatic carbocycles. The maximum atomic E-state index is 14.9. The van der Waals surface area contributed by atoms with Crippen molar-refractivity contribution >= 4 is 5.82 Å². The molecule has 2 N–H and O–H groups in total. The Morgan fingerprint density at radius 2 is 1.97 bits per heavy atom. The number of alkyl halides is 1. The van der Waals surface area contributed by atoms with Crippen molar-refractivity contribution < 1.29 is 18.6 Å². The number of ether oxygens (including phenoxy) is 1.